The zero-order valence-electron chi connectivity index (χ0n) is 11.7. The maximum Gasteiger partial charge on any atom is 0.492 e. The molecular formula is C12H20BN3O3. The van der Waals surface area contributed by atoms with Crippen molar-refractivity contribution in [2.24, 2.45) is 0 Å². The first kappa shape index (κ1) is 14.1. The van der Waals surface area contributed by atoms with Crippen LogP contribution in [0, 0.1) is 0 Å². The van der Waals surface area contributed by atoms with Crippen LogP contribution in [-0.4, -0.2) is 40.2 Å². The minimum Gasteiger partial charge on any atom is -0.400 e. The summed E-state index contributed by atoms with van der Waals surface area (Å²) in [7, 11) is -0.570. The predicted octanol–water partition coefficient (Wildman–Crippen LogP) is 0.999. The number of aromatic amines is 1. The second-order valence-electron chi connectivity index (χ2n) is 5.71. The van der Waals surface area contributed by atoms with Gasteiger partial charge in [0.2, 0.25) is 0 Å². The molecule has 1 aromatic rings. The molecule has 19 heavy (non-hydrogen) atoms. The summed E-state index contributed by atoms with van der Waals surface area (Å²) in [5, 5.41) is 16.1. The first-order valence-corrected chi connectivity index (χ1v) is 6.23. The summed E-state index contributed by atoms with van der Waals surface area (Å²) in [5.74, 6) is 0.400. The Balaban J connectivity index is 2.23. The first-order valence-electron chi connectivity index (χ1n) is 6.23. The van der Waals surface area contributed by atoms with E-state index >= 15 is 0 Å². The van der Waals surface area contributed by atoms with Crippen molar-refractivity contribution in [2.75, 3.05) is 12.3 Å². The monoisotopic (exact) mass is 265 g/mol. The van der Waals surface area contributed by atoms with Crippen molar-refractivity contribution in [3.05, 3.63) is 17.2 Å². The molecule has 104 valence electrons. The Hall–Kier alpha value is -1.31. The topological polar surface area (TPSA) is 93.4 Å². The molecule has 1 aliphatic heterocycles. The number of aliphatic hydroxyl groups excluding tert-OH is 1. The zero-order valence-corrected chi connectivity index (χ0v) is 11.7. The second kappa shape index (κ2) is 4.66. The molecule has 0 bridgehead atoms. The van der Waals surface area contributed by atoms with Crippen LogP contribution in [0.3, 0.4) is 0 Å². The Bertz CT molecular complexity index is 480. The largest absolute Gasteiger partial charge is 0.492 e. The fourth-order valence-corrected chi connectivity index (χ4v) is 1.81. The van der Waals surface area contributed by atoms with Crippen LogP contribution >= 0.6 is 0 Å². The van der Waals surface area contributed by atoms with E-state index in [0.717, 1.165) is 0 Å². The lowest BCUT2D eigenvalue weighted by Crippen LogP contribution is -2.41. The van der Waals surface area contributed by atoms with Gasteiger partial charge >= 0.3 is 7.12 Å². The molecule has 0 atom stereocenters. The number of H-pyrrole nitrogens is 1. The van der Waals surface area contributed by atoms with E-state index in [0.29, 0.717) is 17.0 Å². The number of nitrogens with zero attached hydrogens (tertiary/aromatic N) is 1. The molecule has 0 spiro atoms. The minimum atomic E-state index is -0.570. The van der Waals surface area contributed by atoms with Gasteiger partial charge in [0.1, 0.15) is 5.82 Å². The van der Waals surface area contributed by atoms with Crippen LogP contribution in [0.25, 0.3) is 6.08 Å². The highest BCUT2D eigenvalue weighted by Gasteiger charge is 2.52. The van der Waals surface area contributed by atoms with E-state index in [4.69, 9.17) is 15.0 Å². The predicted molar refractivity (Wildman–Crippen MR) is 74.1 cm³/mol. The van der Waals surface area contributed by atoms with Crippen molar-refractivity contribution in [3.63, 3.8) is 0 Å². The number of aliphatic hydroxyl groups is 1. The van der Waals surface area contributed by atoms with Gasteiger partial charge < -0.3 is 20.1 Å². The lowest BCUT2D eigenvalue weighted by Gasteiger charge is -2.32. The average Bonchev–Trinajstić information content (AvgIpc) is 2.78. The van der Waals surface area contributed by atoms with Crippen molar-refractivity contribution >= 4 is 19.0 Å². The van der Waals surface area contributed by atoms with Gasteiger partial charge in [-0.1, -0.05) is 0 Å². The van der Waals surface area contributed by atoms with Crippen LogP contribution in [0.2, 0.25) is 0 Å². The molecule has 2 rings (SSSR count). The van der Waals surface area contributed by atoms with Gasteiger partial charge in [-0.15, -0.1) is 0 Å². The molecule has 6 nitrogen and oxygen atoms in total. The number of hydrogen-bond acceptors (Lipinski definition) is 5. The van der Waals surface area contributed by atoms with Gasteiger partial charge in [0.05, 0.1) is 23.5 Å². The Morgan fingerprint density at radius 3 is 2.42 bits per heavy atom. The van der Waals surface area contributed by atoms with E-state index in [2.05, 4.69) is 10.2 Å². The van der Waals surface area contributed by atoms with Gasteiger partial charge in [0.25, 0.3) is 0 Å². The molecule has 0 aromatic carbocycles. The van der Waals surface area contributed by atoms with Crippen LogP contribution < -0.4 is 5.73 Å². The molecule has 1 aliphatic rings. The molecule has 1 aromatic heterocycles. The van der Waals surface area contributed by atoms with Crippen molar-refractivity contribution in [1.82, 2.24) is 10.2 Å². The molecule has 1 saturated heterocycles. The second-order valence-corrected chi connectivity index (χ2v) is 5.71. The van der Waals surface area contributed by atoms with E-state index in [1.165, 1.54) is 0 Å². The number of aromatic nitrogens is 2. The normalized spacial score (nSPS) is 21.9. The van der Waals surface area contributed by atoms with Gasteiger partial charge in [-0.2, -0.15) is 5.10 Å². The smallest absolute Gasteiger partial charge is 0.400 e. The third kappa shape index (κ3) is 2.68. The van der Waals surface area contributed by atoms with Crippen molar-refractivity contribution in [1.29, 1.82) is 0 Å². The molecular weight excluding hydrogens is 245 g/mol. The van der Waals surface area contributed by atoms with Crippen molar-refractivity contribution < 1.29 is 14.4 Å². The van der Waals surface area contributed by atoms with Crippen LogP contribution in [0.5, 0.6) is 0 Å². The summed E-state index contributed by atoms with van der Waals surface area (Å²) < 4.78 is 11.8. The molecule has 0 radical (unpaired) electrons. The first-order chi connectivity index (χ1) is 8.75. The number of rotatable bonds is 3. The molecule has 0 aliphatic carbocycles. The molecule has 0 amide bonds. The van der Waals surface area contributed by atoms with Crippen LogP contribution in [-0.2, 0) is 9.31 Å². The number of anilines is 1. The van der Waals surface area contributed by atoms with E-state index < -0.39 is 18.3 Å². The van der Waals surface area contributed by atoms with E-state index in [-0.39, 0.29) is 6.61 Å². The van der Waals surface area contributed by atoms with Crippen LogP contribution in [0.15, 0.2) is 11.5 Å². The molecule has 2 heterocycles. The third-order valence-electron chi connectivity index (χ3n) is 3.70. The highest BCUT2D eigenvalue weighted by molar-refractivity contribution is 6.55. The van der Waals surface area contributed by atoms with E-state index in [1.54, 1.807) is 12.1 Å². The molecule has 1 fully saturated rings. The Morgan fingerprint density at radius 2 is 2.00 bits per heavy atom. The highest BCUT2D eigenvalue weighted by Crippen LogP contribution is 2.38. The van der Waals surface area contributed by atoms with Gasteiger partial charge in [0, 0.05) is 6.07 Å². The molecule has 0 saturated carbocycles. The fraction of sp³-hybridized carbons (Fsp3) is 0.583. The molecule has 0 unspecified atom stereocenters. The van der Waals surface area contributed by atoms with Gasteiger partial charge in [0.15, 0.2) is 0 Å². The van der Waals surface area contributed by atoms with Gasteiger partial charge in [-0.05, 0) is 39.2 Å². The summed E-state index contributed by atoms with van der Waals surface area (Å²) in [6.07, 6.45) is 1.74. The number of hydrogen-bond donors (Lipinski definition) is 3. The summed E-state index contributed by atoms with van der Waals surface area (Å²) >= 11 is 0. The summed E-state index contributed by atoms with van der Waals surface area (Å²) in [6, 6.07) is 1.68. The average molecular weight is 265 g/mol. The maximum atomic E-state index is 9.50. The highest BCUT2D eigenvalue weighted by atomic mass is 16.7. The summed E-state index contributed by atoms with van der Waals surface area (Å²) in [4.78, 5) is 0. The summed E-state index contributed by atoms with van der Waals surface area (Å²) in [5.41, 5.74) is 6.01. The van der Waals surface area contributed by atoms with Crippen LogP contribution in [0.1, 0.15) is 33.4 Å². The maximum absolute atomic E-state index is 9.50. The lowest BCUT2D eigenvalue weighted by molar-refractivity contribution is 0.00578. The van der Waals surface area contributed by atoms with Crippen molar-refractivity contribution in [3.8, 4) is 0 Å². The quantitative estimate of drug-likeness (QED) is 0.709. The standard InChI is InChI=1S/C12H20BN3O3/c1-11(2)12(3,4)19-13(18-11)8(7-17)5-9-6-10(14)16-15-9/h5-6,17H,7H2,1-4H3,(H3,14,15,16). The molecule has 7 heteroatoms. The van der Waals surface area contributed by atoms with E-state index in [1.807, 2.05) is 27.7 Å². The third-order valence-corrected chi connectivity index (χ3v) is 3.70. The fourth-order valence-electron chi connectivity index (χ4n) is 1.81. The SMILES string of the molecule is CC1(C)OB(C(=Cc2cc(N)n[nH]2)CO)OC1(C)C. The van der Waals surface area contributed by atoms with Gasteiger partial charge in [-0.3, -0.25) is 5.10 Å². The summed E-state index contributed by atoms with van der Waals surface area (Å²) in [6.45, 7) is 7.72. The number of nitrogens with two attached hydrogens (primary N) is 1. The zero-order chi connectivity index (χ0) is 14.3. The van der Waals surface area contributed by atoms with Gasteiger partial charge in [-0.25, -0.2) is 0 Å². The molecule has 4 N–H and O–H groups in total. The Labute approximate surface area is 113 Å². The van der Waals surface area contributed by atoms with Crippen molar-refractivity contribution in [2.45, 2.75) is 38.9 Å². The van der Waals surface area contributed by atoms with Crippen LogP contribution in [0.4, 0.5) is 5.82 Å². The number of nitrogens with one attached hydrogen (secondary N) is 1. The lowest BCUT2D eigenvalue weighted by atomic mass is 9.78. The Kier molecular flexibility index (Phi) is 3.46. The number of nitrogen functional groups attached to an aromatic ring is 1. The minimum absolute atomic E-state index is 0.157. The van der Waals surface area contributed by atoms with E-state index in [9.17, 15) is 5.11 Å². The Morgan fingerprint density at radius 1 is 1.42 bits per heavy atom.